The Labute approximate surface area is 109 Å². The van der Waals surface area contributed by atoms with Crippen molar-refractivity contribution in [2.75, 3.05) is 0 Å². The first kappa shape index (κ1) is 12.8. The van der Waals surface area contributed by atoms with E-state index in [1.165, 1.54) is 24.3 Å². The van der Waals surface area contributed by atoms with Crippen molar-refractivity contribution in [3.05, 3.63) is 64.2 Å². The summed E-state index contributed by atoms with van der Waals surface area (Å²) in [5, 5.41) is 0.0701. The van der Waals surface area contributed by atoms with E-state index >= 15 is 0 Å². The lowest BCUT2D eigenvalue weighted by Crippen LogP contribution is -1.98. The van der Waals surface area contributed by atoms with E-state index < -0.39 is 5.82 Å². The van der Waals surface area contributed by atoms with Gasteiger partial charge in [0.1, 0.15) is 24.0 Å². The van der Waals surface area contributed by atoms with Crippen LogP contribution in [0.15, 0.2) is 36.4 Å². The van der Waals surface area contributed by atoms with E-state index in [4.69, 9.17) is 16.3 Å². The van der Waals surface area contributed by atoms with Gasteiger partial charge in [-0.2, -0.15) is 0 Å². The summed E-state index contributed by atoms with van der Waals surface area (Å²) in [5.74, 6) is -0.406. The van der Waals surface area contributed by atoms with E-state index in [0.717, 1.165) is 5.56 Å². The van der Waals surface area contributed by atoms with Gasteiger partial charge in [0, 0.05) is 6.07 Å². The van der Waals surface area contributed by atoms with E-state index in [2.05, 4.69) is 0 Å². The molecule has 2 aromatic rings. The molecule has 4 heteroatoms. The minimum Gasteiger partial charge on any atom is -0.489 e. The van der Waals surface area contributed by atoms with Crippen LogP contribution in [0.4, 0.5) is 8.78 Å². The second-order valence-electron chi connectivity index (χ2n) is 3.95. The highest BCUT2D eigenvalue weighted by Gasteiger charge is 2.04. The Morgan fingerprint density at radius 3 is 2.61 bits per heavy atom. The topological polar surface area (TPSA) is 9.23 Å². The predicted molar refractivity (Wildman–Crippen MR) is 66.9 cm³/mol. The van der Waals surface area contributed by atoms with Crippen molar-refractivity contribution >= 4 is 11.6 Å². The second-order valence-corrected chi connectivity index (χ2v) is 4.35. The lowest BCUT2D eigenvalue weighted by molar-refractivity contribution is 0.302. The smallest absolute Gasteiger partial charge is 0.142 e. The molecule has 0 aliphatic rings. The standard InChI is InChI=1S/C14H11ClF2O/c1-9-2-4-11(16)7-14(9)18-8-10-3-5-12(15)13(17)6-10/h2-7H,8H2,1H3. The number of benzene rings is 2. The minimum atomic E-state index is -0.492. The molecule has 0 spiro atoms. The first-order valence-electron chi connectivity index (χ1n) is 5.39. The molecule has 1 nitrogen and oxygen atoms in total. The third kappa shape index (κ3) is 2.99. The normalized spacial score (nSPS) is 10.4. The third-order valence-corrected chi connectivity index (χ3v) is 2.84. The molecule has 0 radical (unpaired) electrons. The molecule has 0 aromatic heterocycles. The SMILES string of the molecule is Cc1ccc(F)cc1OCc1ccc(Cl)c(F)c1. The van der Waals surface area contributed by atoms with Crippen LogP contribution in [-0.4, -0.2) is 0 Å². The summed E-state index contributed by atoms with van der Waals surface area (Å²) in [6.07, 6.45) is 0. The van der Waals surface area contributed by atoms with Gasteiger partial charge in [0.05, 0.1) is 5.02 Å². The third-order valence-electron chi connectivity index (χ3n) is 2.53. The van der Waals surface area contributed by atoms with E-state index in [-0.39, 0.29) is 17.4 Å². The van der Waals surface area contributed by atoms with Crippen molar-refractivity contribution in [1.82, 2.24) is 0 Å². The Hall–Kier alpha value is -1.61. The molecular weight excluding hydrogens is 258 g/mol. The Kier molecular flexibility index (Phi) is 3.82. The zero-order chi connectivity index (χ0) is 13.1. The van der Waals surface area contributed by atoms with Gasteiger partial charge in [-0.05, 0) is 36.2 Å². The second kappa shape index (κ2) is 5.36. The minimum absolute atomic E-state index is 0.0701. The van der Waals surface area contributed by atoms with E-state index in [9.17, 15) is 8.78 Å². The fraction of sp³-hybridized carbons (Fsp3) is 0.143. The average Bonchev–Trinajstić information content (AvgIpc) is 2.34. The largest absolute Gasteiger partial charge is 0.489 e. The van der Waals surface area contributed by atoms with Crippen molar-refractivity contribution in [1.29, 1.82) is 0 Å². The lowest BCUT2D eigenvalue weighted by atomic mass is 10.2. The van der Waals surface area contributed by atoms with Gasteiger partial charge >= 0.3 is 0 Å². The monoisotopic (exact) mass is 268 g/mol. The van der Waals surface area contributed by atoms with Crippen LogP contribution in [0, 0.1) is 18.6 Å². The van der Waals surface area contributed by atoms with Gasteiger partial charge in [-0.15, -0.1) is 0 Å². The predicted octanol–water partition coefficient (Wildman–Crippen LogP) is 4.51. The summed E-state index contributed by atoms with van der Waals surface area (Å²) >= 11 is 5.58. The first-order chi connectivity index (χ1) is 8.56. The molecule has 2 rings (SSSR count). The molecule has 0 saturated heterocycles. The molecule has 0 aliphatic heterocycles. The maximum Gasteiger partial charge on any atom is 0.142 e. The number of hydrogen-bond acceptors (Lipinski definition) is 1. The highest BCUT2D eigenvalue weighted by Crippen LogP contribution is 2.21. The molecule has 0 fully saturated rings. The number of hydrogen-bond donors (Lipinski definition) is 0. The fourth-order valence-corrected chi connectivity index (χ4v) is 1.64. The molecule has 94 valence electrons. The van der Waals surface area contributed by atoms with Gasteiger partial charge in [-0.25, -0.2) is 8.78 Å². The van der Waals surface area contributed by atoms with Crippen molar-refractivity contribution in [3.63, 3.8) is 0 Å². The van der Waals surface area contributed by atoms with Crippen LogP contribution in [0.1, 0.15) is 11.1 Å². The molecule has 0 aliphatic carbocycles. The number of aryl methyl sites for hydroxylation is 1. The van der Waals surface area contributed by atoms with Crippen LogP contribution >= 0.6 is 11.6 Å². The maximum atomic E-state index is 13.2. The molecule has 0 amide bonds. The first-order valence-corrected chi connectivity index (χ1v) is 5.77. The number of rotatable bonds is 3. The van der Waals surface area contributed by atoms with Crippen LogP contribution < -0.4 is 4.74 Å². The van der Waals surface area contributed by atoms with Gasteiger partial charge in [0.25, 0.3) is 0 Å². The zero-order valence-corrected chi connectivity index (χ0v) is 10.5. The van der Waals surface area contributed by atoms with E-state index in [0.29, 0.717) is 11.3 Å². The summed E-state index contributed by atoms with van der Waals surface area (Å²) in [6.45, 7) is 1.98. The van der Waals surface area contributed by atoms with Crippen LogP contribution in [0.2, 0.25) is 5.02 Å². The molecule has 2 aromatic carbocycles. The molecule has 0 saturated carbocycles. The van der Waals surface area contributed by atoms with Gasteiger partial charge in [0.15, 0.2) is 0 Å². The Morgan fingerprint density at radius 1 is 1.11 bits per heavy atom. The molecule has 0 atom stereocenters. The number of halogens is 3. The van der Waals surface area contributed by atoms with Crippen LogP contribution in [0.3, 0.4) is 0 Å². The number of ether oxygens (including phenoxy) is 1. The van der Waals surface area contributed by atoms with Crippen molar-refractivity contribution in [3.8, 4) is 5.75 Å². The molecule has 0 unspecified atom stereocenters. The molecular formula is C14H11ClF2O. The molecule has 18 heavy (non-hydrogen) atoms. The molecule has 0 N–H and O–H groups in total. The van der Waals surface area contributed by atoms with Gasteiger partial charge < -0.3 is 4.74 Å². The molecule has 0 bridgehead atoms. The summed E-state index contributed by atoms with van der Waals surface area (Å²) in [7, 11) is 0. The lowest BCUT2D eigenvalue weighted by Gasteiger charge is -2.09. The van der Waals surface area contributed by atoms with Gasteiger partial charge in [-0.3, -0.25) is 0 Å². The van der Waals surface area contributed by atoms with Gasteiger partial charge in [-0.1, -0.05) is 23.7 Å². The summed E-state index contributed by atoms with van der Waals surface area (Å²) in [6, 6.07) is 8.74. The van der Waals surface area contributed by atoms with E-state index in [1.54, 1.807) is 12.1 Å². The van der Waals surface area contributed by atoms with E-state index in [1.807, 2.05) is 6.92 Å². The average molecular weight is 269 g/mol. The highest BCUT2D eigenvalue weighted by atomic mass is 35.5. The van der Waals surface area contributed by atoms with Crippen molar-refractivity contribution < 1.29 is 13.5 Å². The summed E-state index contributed by atoms with van der Waals surface area (Å²) in [5.41, 5.74) is 1.46. The Morgan fingerprint density at radius 2 is 1.89 bits per heavy atom. The quantitative estimate of drug-likeness (QED) is 0.796. The van der Waals surface area contributed by atoms with Gasteiger partial charge in [0.2, 0.25) is 0 Å². The Balaban J connectivity index is 2.11. The highest BCUT2D eigenvalue weighted by molar-refractivity contribution is 6.30. The summed E-state index contributed by atoms with van der Waals surface area (Å²) < 4.78 is 31.7. The van der Waals surface area contributed by atoms with Crippen LogP contribution in [0.5, 0.6) is 5.75 Å². The fourth-order valence-electron chi connectivity index (χ4n) is 1.52. The summed E-state index contributed by atoms with van der Waals surface area (Å²) in [4.78, 5) is 0. The van der Waals surface area contributed by atoms with Crippen LogP contribution in [-0.2, 0) is 6.61 Å². The van der Waals surface area contributed by atoms with Crippen LogP contribution in [0.25, 0.3) is 0 Å². The maximum absolute atomic E-state index is 13.2. The Bertz CT molecular complexity index is 570. The van der Waals surface area contributed by atoms with Crippen molar-refractivity contribution in [2.24, 2.45) is 0 Å². The zero-order valence-electron chi connectivity index (χ0n) is 9.71. The molecule has 0 heterocycles. The van der Waals surface area contributed by atoms with Crippen molar-refractivity contribution in [2.45, 2.75) is 13.5 Å².